The zero-order valence-corrected chi connectivity index (χ0v) is 8.65. The summed E-state index contributed by atoms with van der Waals surface area (Å²) in [7, 11) is 0. The van der Waals surface area contributed by atoms with E-state index in [0.717, 1.165) is 25.8 Å². The van der Waals surface area contributed by atoms with Gasteiger partial charge in [0, 0.05) is 12.6 Å². The van der Waals surface area contributed by atoms with Crippen LogP contribution in [0.25, 0.3) is 0 Å². The summed E-state index contributed by atoms with van der Waals surface area (Å²) in [6, 6.07) is 0.156. The molecule has 1 fully saturated rings. The summed E-state index contributed by atoms with van der Waals surface area (Å²) in [6.45, 7) is 3.26. The highest BCUT2D eigenvalue weighted by atomic mass is 16.4. The van der Waals surface area contributed by atoms with E-state index in [1.165, 1.54) is 0 Å². The van der Waals surface area contributed by atoms with Gasteiger partial charge in [-0.05, 0) is 26.3 Å². The second-order valence-corrected chi connectivity index (χ2v) is 3.98. The first-order valence-corrected chi connectivity index (χ1v) is 5.25. The van der Waals surface area contributed by atoms with E-state index in [-0.39, 0.29) is 18.6 Å². The normalized spacial score (nSPS) is 26.0. The van der Waals surface area contributed by atoms with Gasteiger partial charge in [0.05, 0.1) is 12.5 Å². The number of nitrogens with zero attached hydrogens (tertiary/aromatic N) is 1. The Morgan fingerprint density at radius 2 is 2.29 bits per heavy atom. The molecule has 2 N–H and O–H groups in total. The average Bonchev–Trinajstić information content (AvgIpc) is 2.15. The van der Waals surface area contributed by atoms with E-state index in [1.54, 1.807) is 6.92 Å². The fraction of sp³-hybridized carbons (Fsp3) is 0.900. The molecule has 0 bridgehead atoms. The predicted octanol–water partition coefficient (Wildman–Crippen LogP) is 0.696. The summed E-state index contributed by atoms with van der Waals surface area (Å²) in [6.07, 6.45) is 3.05. The van der Waals surface area contributed by atoms with Crippen LogP contribution in [0.15, 0.2) is 0 Å². The van der Waals surface area contributed by atoms with Gasteiger partial charge in [-0.3, -0.25) is 9.69 Å². The van der Waals surface area contributed by atoms with Crippen LogP contribution in [0.3, 0.4) is 0 Å². The molecule has 1 aliphatic rings. The number of carboxylic acids is 1. The maximum Gasteiger partial charge on any atom is 0.304 e. The zero-order chi connectivity index (χ0) is 10.6. The number of piperidine rings is 1. The molecule has 2 unspecified atom stereocenters. The summed E-state index contributed by atoms with van der Waals surface area (Å²) in [4.78, 5) is 12.5. The molecule has 82 valence electrons. The summed E-state index contributed by atoms with van der Waals surface area (Å²) in [5.41, 5.74) is 0. The topological polar surface area (TPSA) is 60.8 Å². The molecule has 1 heterocycles. The molecular formula is C10H19NO3. The van der Waals surface area contributed by atoms with Gasteiger partial charge in [-0.25, -0.2) is 0 Å². The molecule has 0 saturated carbocycles. The second kappa shape index (κ2) is 5.32. The predicted molar refractivity (Wildman–Crippen MR) is 53.1 cm³/mol. The number of likely N-dealkylation sites (tertiary alicyclic amines) is 1. The summed E-state index contributed by atoms with van der Waals surface area (Å²) in [5, 5.41) is 18.1. The van der Waals surface area contributed by atoms with Gasteiger partial charge in [-0.1, -0.05) is 6.42 Å². The van der Waals surface area contributed by atoms with Gasteiger partial charge < -0.3 is 10.2 Å². The van der Waals surface area contributed by atoms with Crippen molar-refractivity contribution in [2.45, 2.75) is 44.8 Å². The maximum atomic E-state index is 10.4. The van der Waals surface area contributed by atoms with Gasteiger partial charge >= 0.3 is 5.97 Å². The molecule has 1 aliphatic heterocycles. The standard InChI is InChI=1S/C10H19NO3/c1-8(12)9-4-2-3-6-11(9)7-5-10(13)14/h8-9,12H,2-7H2,1H3,(H,13,14). The first kappa shape index (κ1) is 11.5. The lowest BCUT2D eigenvalue weighted by atomic mass is 9.98. The maximum absolute atomic E-state index is 10.4. The number of rotatable bonds is 4. The molecule has 0 aliphatic carbocycles. The molecule has 14 heavy (non-hydrogen) atoms. The Bertz CT molecular complexity index is 194. The molecule has 1 rings (SSSR count). The molecule has 4 nitrogen and oxygen atoms in total. The quantitative estimate of drug-likeness (QED) is 0.702. The van der Waals surface area contributed by atoms with Crippen LogP contribution < -0.4 is 0 Å². The van der Waals surface area contributed by atoms with Crippen molar-refractivity contribution in [1.29, 1.82) is 0 Å². The van der Waals surface area contributed by atoms with Gasteiger partial charge in [-0.2, -0.15) is 0 Å². The van der Waals surface area contributed by atoms with E-state index in [9.17, 15) is 9.90 Å². The fourth-order valence-corrected chi connectivity index (χ4v) is 2.08. The highest BCUT2D eigenvalue weighted by Crippen LogP contribution is 2.19. The van der Waals surface area contributed by atoms with Gasteiger partial charge in [0.2, 0.25) is 0 Å². The third kappa shape index (κ3) is 3.27. The van der Waals surface area contributed by atoms with E-state index in [0.29, 0.717) is 6.54 Å². The molecule has 0 amide bonds. The Morgan fingerprint density at radius 1 is 1.57 bits per heavy atom. The molecule has 4 heteroatoms. The van der Waals surface area contributed by atoms with Crippen LogP contribution in [0.4, 0.5) is 0 Å². The van der Waals surface area contributed by atoms with Gasteiger partial charge in [-0.15, -0.1) is 0 Å². The van der Waals surface area contributed by atoms with Crippen molar-refractivity contribution in [2.75, 3.05) is 13.1 Å². The van der Waals surface area contributed by atoms with Crippen LogP contribution in [0.1, 0.15) is 32.6 Å². The van der Waals surface area contributed by atoms with Crippen LogP contribution in [0.2, 0.25) is 0 Å². The number of carboxylic acid groups (broad SMARTS) is 1. The minimum absolute atomic E-state index is 0.156. The Balaban J connectivity index is 2.41. The number of aliphatic carboxylic acids is 1. The van der Waals surface area contributed by atoms with Gasteiger partial charge in [0.15, 0.2) is 0 Å². The molecule has 0 spiro atoms. The lowest BCUT2D eigenvalue weighted by molar-refractivity contribution is -0.137. The first-order valence-electron chi connectivity index (χ1n) is 5.25. The van der Waals surface area contributed by atoms with Crippen LogP contribution in [0, 0.1) is 0 Å². The Hall–Kier alpha value is -0.610. The number of aliphatic hydroxyl groups excluding tert-OH is 1. The molecule has 2 atom stereocenters. The van der Waals surface area contributed by atoms with E-state index < -0.39 is 5.97 Å². The fourth-order valence-electron chi connectivity index (χ4n) is 2.08. The van der Waals surface area contributed by atoms with Crippen molar-refractivity contribution in [1.82, 2.24) is 4.90 Å². The molecule has 0 aromatic heterocycles. The molecule has 0 aromatic rings. The highest BCUT2D eigenvalue weighted by molar-refractivity contribution is 5.66. The third-order valence-electron chi connectivity index (χ3n) is 2.83. The van der Waals surface area contributed by atoms with Crippen LogP contribution in [-0.2, 0) is 4.79 Å². The smallest absolute Gasteiger partial charge is 0.304 e. The lowest BCUT2D eigenvalue weighted by Crippen LogP contribution is -2.46. The minimum Gasteiger partial charge on any atom is -0.481 e. The van der Waals surface area contributed by atoms with Gasteiger partial charge in [0.1, 0.15) is 0 Å². The summed E-state index contributed by atoms with van der Waals surface area (Å²) < 4.78 is 0. The van der Waals surface area contributed by atoms with Crippen LogP contribution in [0.5, 0.6) is 0 Å². The number of hydrogen-bond acceptors (Lipinski definition) is 3. The van der Waals surface area contributed by atoms with E-state index >= 15 is 0 Å². The molecule has 0 radical (unpaired) electrons. The average molecular weight is 201 g/mol. The lowest BCUT2D eigenvalue weighted by Gasteiger charge is -2.37. The Morgan fingerprint density at radius 3 is 2.86 bits per heavy atom. The van der Waals surface area contributed by atoms with Crippen LogP contribution in [-0.4, -0.2) is 46.3 Å². The van der Waals surface area contributed by atoms with Crippen LogP contribution >= 0.6 is 0 Å². The van der Waals surface area contributed by atoms with Crippen molar-refractivity contribution in [3.63, 3.8) is 0 Å². The molecule has 1 saturated heterocycles. The summed E-state index contributed by atoms with van der Waals surface area (Å²) >= 11 is 0. The Labute approximate surface area is 84.5 Å². The van der Waals surface area contributed by atoms with Crippen molar-refractivity contribution in [3.8, 4) is 0 Å². The van der Waals surface area contributed by atoms with Crippen molar-refractivity contribution in [3.05, 3.63) is 0 Å². The van der Waals surface area contributed by atoms with Crippen molar-refractivity contribution in [2.24, 2.45) is 0 Å². The number of aliphatic hydroxyl groups is 1. The number of carbonyl (C=O) groups is 1. The second-order valence-electron chi connectivity index (χ2n) is 3.98. The highest BCUT2D eigenvalue weighted by Gasteiger charge is 2.25. The van der Waals surface area contributed by atoms with Crippen molar-refractivity contribution < 1.29 is 15.0 Å². The van der Waals surface area contributed by atoms with Crippen molar-refractivity contribution >= 4 is 5.97 Å². The van der Waals surface area contributed by atoms with E-state index in [4.69, 9.17) is 5.11 Å². The number of hydrogen-bond donors (Lipinski definition) is 2. The molecule has 0 aromatic carbocycles. The first-order chi connectivity index (χ1) is 6.61. The van der Waals surface area contributed by atoms with Gasteiger partial charge in [0.25, 0.3) is 0 Å². The monoisotopic (exact) mass is 201 g/mol. The Kier molecular flexibility index (Phi) is 4.35. The molecular weight excluding hydrogens is 182 g/mol. The van der Waals surface area contributed by atoms with E-state index in [2.05, 4.69) is 4.90 Å². The largest absolute Gasteiger partial charge is 0.481 e. The van der Waals surface area contributed by atoms with E-state index in [1.807, 2.05) is 0 Å². The summed E-state index contributed by atoms with van der Waals surface area (Å²) in [5.74, 6) is -0.764. The minimum atomic E-state index is -0.764. The SMILES string of the molecule is CC(O)C1CCCCN1CCC(=O)O. The third-order valence-corrected chi connectivity index (χ3v) is 2.83. The zero-order valence-electron chi connectivity index (χ0n) is 8.65.